The molecule has 17 heavy (non-hydrogen) atoms. The van der Waals surface area contributed by atoms with E-state index in [1.165, 1.54) is 43.6 Å². The standard InChI is InChI=1S/C14H19NOS/c16-10-5-6-13-7-11-17-14(13)12-15-8-3-1-2-4-9-15/h7,11,16H,1-4,8-10,12H2. The number of nitrogens with zero attached hydrogens (tertiary/aromatic N) is 1. The van der Waals surface area contributed by atoms with Crippen LogP contribution in [0.15, 0.2) is 11.4 Å². The van der Waals surface area contributed by atoms with Gasteiger partial charge < -0.3 is 5.11 Å². The second-order valence-corrected chi connectivity index (χ2v) is 5.41. The third-order valence-electron chi connectivity index (χ3n) is 3.11. The number of hydrogen-bond acceptors (Lipinski definition) is 3. The first-order valence-corrected chi connectivity index (χ1v) is 7.16. The zero-order valence-electron chi connectivity index (χ0n) is 10.1. The van der Waals surface area contributed by atoms with Crippen LogP contribution in [0.4, 0.5) is 0 Å². The number of aliphatic hydroxyl groups is 1. The van der Waals surface area contributed by atoms with Crippen molar-refractivity contribution in [1.29, 1.82) is 0 Å². The Morgan fingerprint density at radius 1 is 1.24 bits per heavy atom. The van der Waals surface area contributed by atoms with E-state index in [2.05, 4.69) is 28.2 Å². The van der Waals surface area contributed by atoms with E-state index in [0.29, 0.717) is 0 Å². The summed E-state index contributed by atoms with van der Waals surface area (Å²) in [7, 11) is 0. The molecular weight excluding hydrogens is 230 g/mol. The predicted octanol–water partition coefficient (Wildman–Crippen LogP) is 2.47. The summed E-state index contributed by atoms with van der Waals surface area (Å²) in [4.78, 5) is 3.87. The molecule has 2 rings (SSSR count). The first-order valence-electron chi connectivity index (χ1n) is 6.28. The smallest absolute Gasteiger partial charge is 0.104 e. The molecular formula is C14H19NOS. The van der Waals surface area contributed by atoms with Crippen LogP contribution in [-0.4, -0.2) is 29.7 Å². The summed E-state index contributed by atoms with van der Waals surface area (Å²) >= 11 is 1.77. The molecule has 0 saturated carbocycles. The van der Waals surface area contributed by atoms with Gasteiger partial charge in [0.25, 0.3) is 0 Å². The lowest BCUT2D eigenvalue weighted by Crippen LogP contribution is -2.23. The summed E-state index contributed by atoms with van der Waals surface area (Å²) in [5.41, 5.74) is 1.09. The van der Waals surface area contributed by atoms with Gasteiger partial charge in [-0.1, -0.05) is 24.7 Å². The molecule has 1 aliphatic heterocycles. The fourth-order valence-electron chi connectivity index (χ4n) is 2.21. The fraction of sp³-hybridized carbons (Fsp3) is 0.571. The third-order valence-corrected chi connectivity index (χ3v) is 4.02. The SMILES string of the molecule is OCC#Cc1ccsc1CN1CCCCCC1. The van der Waals surface area contributed by atoms with Gasteiger partial charge in [0, 0.05) is 17.0 Å². The van der Waals surface area contributed by atoms with Crippen LogP contribution in [0.1, 0.15) is 36.1 Å². The molecule has 3 heteroatoms. The van der Waals surface area contributed by atoms with E-state index >= 15 is 0 Å². The summed E-state index contributed by atoms with van der Waals surface area (Å²) in [5.74, 6) is 5.77. The molecule has 1 aromatic rings. The first kappa shape index (κ1) is 12.6. The second-order valence-electron chi connectivity index (χ2n) is 4.41. The van der Waals surface area contributed by atoms with Crippen LogP contribution in [-0.2, 0) is 6.54 Å². The zero-order valence-corrected chi connectivity index (χ0v) is 10.9. The summed E-state index contributed by atoms with van der Waals surface area (Å²) < 4.78 is 0. The van der Waals surface area contributed by atoms with Gasteiger partial charge in [0.2, 0.25) is 0 Å². The average molecular weight is 249 g/mol. The normalized spacial score (nSPS) is 17.2. The number of rotatable bonds is 2. The predicted molar refractivity (Wildman–Crippen MR) is 72.0 cm³/mol. The zero-order chi connectivity index (χ0) is 11.9. The van der Waals surface area contributed by atoms with E-state index in [-0.39, 0.29) is 6.61 Å². The largest absolute Gasteiger partial charge is 0.384 e. The molecule has 1 fully saturated rings. The van der Waals surface area contributed by atoms with Gasteiger partial charge in [0.1, 0.15) is 6.61 Å². The number of likely N-dealkylation sites (tertiary alicyclic amines) is 1. The molecule has 0 unspecified atom stereocenters. The molecule has 1 aliphatic rings. The number of thiophene rings is 1. The van der Waals surface area contributed by atoms with Crippen molar-refractivity contribution in [1.82, 2.24) is 4.90 Å². The topological polar surface area (TPSA) is 23.5 Å². The summed E-state index contributed by atoms with van der Waals surface area (Å²) in [6.07, 6.45) is 5.39. The lowest BCUT2D eigenvalue weighted by molar-refractivity contribution is 0.279. The highest BCUT2D eigenvalue weighted by Crippen LogP contribution is 2.20. The lowest BCUT2D eigenvalue weighted by atomic mass is 10.2. The van der Waals surface area contributed by atoms with Crippen molar-refractivity contribution in [3.05, 3.63) is 21.9 Å². The Morgan fingerprint density at radius 3 is 2.71 bits per heavy atom. The Labute approximate surface area is 107 Å². The highest BCUT2D eigenvalue weighted by molar-refractivity contribution is 7.10. The molecule has 2 nitrogen and oxygen atoms in total. The van der Waals surface area contributed by atoms with Gasteiger partial charge in [0.05, 0.1) is 0 Å². The minimum atomic E-state index is -0.0565. The quantitative estimate of drug-likeness (QED) is 0.814. The minimum Gasteiger partial charge on any atom is -0.384 e. The van der Waals surface area contributed by atoms with Crippen molar-refractivity contribution >= 4 is 11.3 Å². The minimum absolute atomic E-state index is 0.0565. The van der Waals surface area contributed by atoms with Crippen molar-refractivity contribution < 1.29 is 5.11 Å². The van der Waals surface area contributed by atoms with Crippen LogP contribution in [0.3, 0.4) is 0 Å². The average Bonchev–Trinajstić information content (AvgIpc) is 2.61. The first-order chi connectivity index (χ1) is 8.40. The van der Waals surface area contributed by atoms with Crippen LogP contribution < -0.4 is 0 Å². The van der Waals surface area contributed by atoms with Gasteiger partial charge in [-0.2, -0.15) is 0 Å². The highest BCUT2D eigenvalue weighted by atomic mass is 32.1. The van der Waals surface area contributed by atoms with E-state index in [0.717, 1.165) is 12.1 Å². The van der Waals surface area contributed by atoms with E-state index in [1.54, 1.807) is 11.3 Å². The molecule has 0 radical (unpaired) electrons. The van der Waals surface area contributed by atoms with Crippen molar-refractivity contribution in [2.24, 2.45) is 0 Å². The molecule has 0 atom stereocenters. The van der Waals surface area contributed by atoms with Crippen molar-refractivity contribution in [2.75, 3.05) is 19.7 Å². The molecule has 1 N–H and O–H groups in total. The Balaban J connectivity index is 1.99. The van der Waals surface area contributed by atoms with Gasteiger partial charge in [-0.15, -0.1) is 11.3 Å². The van der Waals surface area contributed by atoms with Gasteiger partial charge in [0.15, 0.2) is 0 Å². The van der Waals surface area contributed by atoms with E-state index in [9.17, 15) is 0 Å². The Kier molecular flexibility index (Phi) is 5.06. The molecule has 2 heterocycles. The Morgan fingerprint density at radius 2 is 2.00 bits per heavy atom. The van der Waals surface area contributed by atoms with Crippen molar-refractivity contribution in [2.45, 2.75) is 32.2 Å². The van der Waals surface area contributed by atoms with Gasteiger partial charge >= 0.3 is 0 Å². The molecule has 1 aromatic heterocycles. The number of hydrogen-bond donors (Lipinski definition) is 1. The molecule has 92 valence electrons. The molecule has 0 bridgehead atoms. The summed E-state index contributed by atoms with van der Waals surface area (Å²) in [6.45, 7) is 3.39. The van der Waals surface area contributed by atoms with E-state index in [1.807, 2.05) is 0 Å². The lowest BCUT2D eigenvalue weighted by Gasteiger charge is -2.18. The second kappa shape index (κ2) is 6.80. The molecule has 1 saturated heterocycles. The maximum absolute atomic E-state index is 8.73. The van der Waals surface area contributed by atoms with E-state index in [4.69, 9.17) is 5.11 Å². The van der Waals surface area contributed by atoms with Gasteiger partial charge in [-0.25, -0.2) is 0 Å². The van der Waals surface area contributed by atoms with Crippen LogP contribution in [0.5, 0.6) is 0 Å². The number of aliphatic hydroxyl groups excluding tert-OH is 1. The van der Waals surface area contributed by atoms with Gasteiger partial charge in [-0.05, 0) is 37.4 Å². The molecule has 0 aliphatic carbocycles. The molecule has 0 amide bonds. The highest BCUT2D eigenvalue weighted by Gasteiger charge is 2.11. The van der Waals surface area contributed by atoms with Crippen LogP contribution in [0.25, 0.3) is 0 Å². The third kappa shape index (κ3) is 3.85. The maximum Gasteiger partial charge on any atom is 0.104 e. The Bertz CT molecular complexity index is 394. The Hall–Kier alpha value is -0.820. The monoisotopic (exact) mass is 249 g/mol. The summed E-state index contributed by atoms with van der Waals surface area (Å²) in [6, 6.07) is 2.06. The molecule has 0 aromatic carbocycles. The van der Waals surface area contributed by atoms with Crippen LogP contribution in [0, 0.1) is 11.8 Å². The van der Waals surface area contributed by atoms with Crippen molar-refractivity contribution in [3.8, 4) is 11.8 Å². The van der Waals surface area contributed by atoms with Crippen LogP contribution in [0.2, 0.25) is 0 Å². The molecule has 0 spiro atoms. The summed E-state index contributed by atoms with van der Waals surface area (Å²) in [5, 5.41) is 10.8. The van der Waals surface area contributed by atoms with Crippen molar-refractivity contribution in [3.63, 3.8) is 0 Å². The van der Waals surface area contributed by atoms with Crippen LogP contribution >= 0.6 is 11.3 Å². The fourth-order valence-corrected chi connectivity index (χ4v) is 3.08. The van der Waals surface area contributed by atoms with E-state index < -0.39 is 0 Å². The van der Waals surface area contributed by atoms with Gasteiger partial charge in [-0.3, -0.25) is 4.90 Å². The maximum atomic E-state index is 8.73.